The van der Waals surface area contributed by atoms with Crippen molar-refractivity contribution < 1.29 is 41.1 Å². The van der Waals surface area contributed by atoms with Crippen LogP contribution in [0.4, 0.5) is 22.0 Å². The van der Waals surface area contributed by atoms with Crippen LogP contribution in [0.15, 0.2) is 22.6 Å². The van der Waals surface area contributed by atoms with Crippen molar-refractivity contribution in [3.8, 4) is 11.5 Å². The SMILES string of the molecule is C[C@](O)(C(=O)N[C@@H]1CCCC[C@H]1N1Cc2ccc(-c3nnc(C(F)F)o3)cc2C1=O)C(F)(F)F. The minimum absolute atomic E-state index is 0.160. The summed E-state index contributed by atoms with van der Waals surface area (Å²) in [7, 11) is 0. The average molecular weight is 488 g/mol. The molecule has 0 spiro atoms. The monoisotopic (exact) mass is 488 g/mol. The van der Waals surface area contributed by atoms with Crippen molar-refractivity contribution in [2.75, 3.05) is 0 Å². The Kier molecular flexibility index (Phi) is 6.08. The fourth-order valence-corrected chi connectivity index (χ4v) is 4.25. The molecule has 4 rings (SSSR count). The molecule has 1 aromatic heterocycles. The third-order valence-electron chi connectivity index (χ3n) is 6.26. The summed E-state index contributed by atoms with van der Waals surface area (Å²) in [6.07, 6.45) is -5.96. The predicted octanol–water partition coefficient (Wildman–Crippen LogP) is 3.37. The molecule has 1 saturated carbocycles. The molecule has 2 amide bonds. The van der Waals surface area contributed by atoms with Crippen LogP contribution in [-0.2, 0) is 11.3 Å². The fourth-order valence-electron chi connectivity index (χ4n) is 4.25. The van der Waals surface area contributed by atoms with Gasteiger partial charge in [-0.1, -0.05) is 18.9 Å². The fraction of sp³-hybridized carbons (Fsp3) is 0.524. The normalized spacial score (nSPS) is 22.6. The van der Waals surface area contributed by atoms with Crippen LogP contribution in [-0.4, -0.2) is 55.9 Å². The molecule has 1 aromatic carbocycles. The van der Waals surface area contributed by atoms with E-state index in [0.29, 0.717) is 38.2 Å². The highest BCUT2D eigenvalue weighted by Crippen LogP contribution is 2.35. The van der Waals surface area contributed by atoms with Gasteiger partial charge in [-0.05, 0) is 37.5 Å². The van der Waals surface area contributed by atoms with Crippen molar-refractivity contribution in [1.29, 1.82) is 0 Å². The van der Waals surface area contributed by atoms with E-state index >= 15 is 0 Å². The van der Waals surface area contributed by atoms with Crippen LogP contribution < -0.4 is 5.32 Å². The summed E-state index contributed by atoms with van der Waals surface area (Å²) in [4.78, 5) is 26.9. The summed E-state index contributed by atoms with van der Waals surface area (Å²) in [6.45, 7) is 0.544. The number of aliphatic hydroxyl groups is 1. The molecule has 13 heteroatoms. The van der Waals surface area contributed by atoms with Gasteiger partial charge in [0.2, 0.25) is 11.5 Å². The van der Waals surface area contributed by atoms with Crippen molar-refractivity contribution in [2.24, 2.45) is 0 Å². The third-order valence-corrected chi connectivity index (χ3v) is 6.26. The zero-order chi connectivity index (χ0) is 24.8. The van der Waals surface area contributed by atoms with E-state index in [2.05, 4.69) is 15.5 Å². The maximum absolute atomic E-state index is 13.2. The van der Waals surface area contributed by atoms with E-state index in [4.69, 9.17) is 4.42 Å². The molecule has 2 N–H and O–H groups in total. The van der Waals surface area contributed by atoms with Crippen molar-refractivity contribution in [3.63, 3.8) is 0 Å². The molecule has 184 valence electrons. The smallest absolute Gasteiger partial charge is 0.415 e. The molecule has 8 nitrogen and oxygen atoms in total. The van der Waals surface area contributed by atoms with Crippen molar-refractivity contribution in [1.82, 2.24) is 20.4 Å². The molecule has 0 radical (unpaired) electrons. The first-order valence-corrected chi connectivity index (χ1v) is 10.6. The highest BCUT2D eigenvalue weighted by Gasteiger charge is 2.56. The summed E-state index contributed by atoms with van der Waals surface area (Å²) >= 11 is 0. The number of fused-ring (bicyclic) bond motifs is 1. The number of benzene rings is 1. The Balaban J connectivity index is 1.54. The summed E-state index contributed by atoms with van der Waals surface area (Å²) in [6, 6.07) is 3.22. The highest BCUT2D eigenvalue weighted by molar-refractivity contribution is 5.99. The summed E-state index contributed by atoms with van der Waals surface area (Å²) in [5.41, 5.74) is -2.40. The molecule has 3 atom stereocenters. The number of rotatable bonds is 5. The van der Waals surface area contributed by atoms with Gasteiger partial charge in [0.1, 0.15) is 0 Å². The largest absolute Gasteiger partial charge is 0.426 e. The van der Waals surface area contributed by atoms with Crippen LogP contribution in [0.3, 0.4) is 0 Å². The lowest BCUT2D eigenvalue weighted by molar-refractivity contribution is -0.245. The molecule has 1 fully saturated rings. The van der Waals surface area contributed by atoms with Crippen molar-refractivity contribution in [3.05, 3.63) is 35.2 Å². The van der Waals surface area contributed by atoms with Gasteiger partial charge in [-0.15, -0.1) is 10.2 Å². The van der Waals surface area contributed by atoms with Gasteiger partial charge in [0.25, 0.3) is 17.7 Å². The standard InChI is InChI=1S/C21H21F5N4O4/c1-20(33,21(24,25)26)19(32)27-13-4-2-3-5-14(13)30-9-11-7-6-10(8-12(11)18(30)31)16-28-29-17(34-16)15(22)23/h6-8,13-15,33H,2-5,9H2,1H3,(H,27,32)/t13-,14-,20+/m1/s1. The molecule has 2 heterocycles. The Morgan fingerprint density at radius 2 is 1.94 bits per heavy atom. The minimum atomic E-state index is -5.16. The first-order valence-electron chi connectivity index (χ1n) is 10.6. The van der Waals surface area contributed by atoms with Gasteiger partial charge in [-0.3, -0.25) is 9.59 Å². The minimum Gasteiger partial charge on any atom is -0.415 e. The number of aromatic nitrogens is 2. The van der Waals surface area contributed by atoms with E-state index in [0.717, 1.165) is 0 Å². The molecule has 1 aliphatic carbocycles. The van der Waals surface area contributed by atoms with Crippen LogP contribution in [0.2, 0.25) is 0 Å². The Morgan fingerprint density at radius 1 is 1.24 bits per heavy atom. The van der Waals surface area contributed by atoms with Crippen LogP contribution in [0.25, 0.3) is 11.5 Å². The Labute approximate surface area is 190 Å². The lowest BCUT2D eigenvalue weighted by Gasteiger charge is -2.39. The van der Waals surface area contributed by atoms with Gasteiger partial charge < -0.3 is 19.7 Å². The quantitative estimate of drug-likeness (QED) is 0.625. The third kappa shape index (κ3) is 4.24. The predicted molar refractivity (Wildman–Crippen MR) is 105 cm³/mol. The molecular formula is C21H21F5N4O4. The zero-order valence-corrected chi connectivity index (χ0v) is 17.9. The van der Waals surface area contributed by atoms with Crippen LogP contribution in [0, 0.1) is 0 Å². The van der Waals surface area contributed by atoms with E-state index in [1.165, 1.54) is 11.0 Å². The van der Waals surface area contributed by atoms with Gasteiger partial charge in [0, 0.05) is 23.7 Å². The maximum atomic E-state index is 13.2. The lowest BCUT2D eigenvalue weighted by Crippen LogP contribution is -2.61. The maximum Gasteiger partial charge on any atom is 0.426 e. The van der Waals surface area contributed by atoms with E-state index < -0.39 is 48.0 Å². The van der Waals surface area contributed by atoms with Crippen LogP contribution in [0.5, 0.6) is 0 Å². The second kappa shape index (κ2) is 8.60. The van der Waals surface area contributed by atoms with Crippen LogP contribution in [0.1, 0.15) is 60.8 Å². The van der Waals surface area contributed by atoms with Gasteiger partial charge in [-0.25, -0.2) is 0 Å². The topological polar surface area (TPSA) is 109 Å². The van der Waals surface area contributed by atoms with Gasteiger partial charge >= 0.3 is 12.6 Å². The molecule has 2 aliphatic rings. The number of nitrogens with one attached hydrogen (secondary N) is 1. The van der Waals surface area contributed by atoms with E-state index in [-0.39, 0.29) is 23.6 Å². The number of alkyl halides is 5. The first kappa shape index (κ1) is 24.0. The Hall–Kier alpha value is -3.09. The zero-order valence-electron chi connectivity index (χ0n) is 17.9. The Morgan fingerprint density at radius 3 is 2.59 bits per heavy atom. The number of halogens is 5. The molecule has 1 aliphatic heterocycles. The molecule has 0 bridgehead atoms. The molecule has 2 aromatic rings. The van der Waals surface area contributed by atoms with Crippen LogP contribution >= 0.6 is 0 Å². The summed E-state index contributed by atoms with van der Waals surface area (Å²) < 4.78 is 69.6. The van der Waals surface area contributed by atoms with Gasteiger partial charge in [-0.2, -0.15) is 22.0 Å². The van der Waals surface area contributed by atoms with Crippen molar-refractivity contribution in [2.45, 2.75) is 69.4 Å². The van der Waals surface area contributed by atoms with E-state index in [9.17, 15) is 36.6 Å². The number of hydrogen-bond donors (Lipinski definition) is 2. The summed E-state index contributed by atoms with van der Waals surface area (Å²) in [5.74, 6) is -3.02. The number of hydrogen-bond acceptors (Lipinski definition) is 6. The number of amides is 2. The molecule has 0 unspecified atom stereocenters. The second-order valence-electron chi connectivity index (χ2n) is 8.55. The number of carbonyl (C=O) groups excluding carboxylic acids is 2. The first-order chi connectivity index (χ1) is 15.9. The number of carbonyl (C=O) groups is 2. The molecular weight excluding hydrogens is 467 g/mol. The molecule has 0 saturated heterocycles. The highest BCUT2D eigenvalue weighted by atomic mass is 19.4. The van der Waals surface area contributed by atoms with Crippen molar-refractivity contribution >= 4 is 11.8 Å². The van der Waals surface area contributed by atoms with Gasteiger partial charge in [0.15, 0.2) is 0 Å². The average Bonchev–Trinajstić information content (AvgIpc) is 3.39. The summed E-state index contributed by atoms with van der Waals surface area (Å²) in [5, 5.41) is 18.8. The number of nitrogens with zero attached hydrogens (tertiary/aromatic N) is 3. The molecule has 34 heavy (non-hydrogen) atoms. The van der Waals surface area contributed by atoms with E-state index in [1.807, 2.05) is 0 Å². The second-order valence-corrected chi connectivity index (χ2v) is 8.55. The van der Waals surface area contributed by atoms with Gasteiger partial charge in [0.05, 0.1) is 6.04 Å². The van der Waals surface area contributed by atoms with E-state index in [1.54, 1.807) is 12.1 Å². The lowest BCUT2D eigenvalue weighted by atomic mass is 9.88. The Bertz CT molecular complexity index is 1100.